The third kappa shape index (κ3) is 5.50. The number of carbonyl (C=O) groups excluding carboxylic acids is 2. The number of rotatable bonds is 7. The number of likely N-dealkylation sites (tertiary alicyclic amines) is 1. The second-order valence-corrected chi connectivity index (χ2v) is 6.27. The Labute approximate surface area is 141 Å². The Kier molecular flexibility index (Phi) is 6.57. The maximum Gasteiger partial charge on any atom is 0.221 e. The van der Waals surface area contributed by atoms with E-state index in [4.69, 9.17) is 10.5 Å². The van der Waals surface area contributed by atoms with E-state index >= 15 is 0 Å². The molecule has 2 amide bonds. The number of hydrogen-bond acceptors (Lipinski definition) is 4. The molecule has 0 aliphatic carbocycles. The van der Waals surface area contributed by atoms with Crippen LogP contribution in [0.15, 0.2) is 24.3 Å². The highest BCUT2D eigenvalue weighted by molar-refractivity contribution is 5.90. The lowest BCUT2D eigenvalue weighted by molar-refractivity contribution is -0.908. The molecule has 0 aromatic heterocycles. The minimum atomic E-state index is -0.615. The van der Waals surface area contributed by atoms with E-state index < -0.39 is 6.10 Å². The summed E-state index contributed by atoms with van der Waals surface area (Å²) in [5.41, 5.74) is 5.92. The lowest BCUT2D eigenvalue weighted by atomic mass is 9.96. The van der Waals surface area contributed by atoms with E-state index in [2.05, 4.69) is 5.32 Å². The highest BCUT2D eigenvalue weighted by Gasteiger charge is 2.27. The molecule has 132 valence electrons. The molecule has 1 aromatic carbocycles. The van der Waals surface area contributed by atoms with Crippen molar-refractivity contribution in [2.24, 2.45) is 11.7 Å². The summed E-state index contributed by atoms with van der Waals surface area (Å²) in [6.45, 7) is 3.80. The van der Waals surface area contributed by atoms with Crippen LogP contribution in [0.2, 0.25) is 0 Å². The van der Waals surface area contributed by atoms with E-state index in [1.807, 2.05) is 12.1 Å². The molecule has 1 aromatic rings. The van der Waals surface area contributed by atoms with E-state index in [0.717, 1.165) is 25.9 Å². The number of quaternary nitrogens is 1. The molecule has 1 atom stereocenters. The molecule has 1 saturated heterocycles. The summed E-state index contributed by atoms with van der Waals surface area (Å²) in [6, 6.07) is 7.13. The number of nitrogens with one attached hydrogen (secondary N) is 2. The Bertz CT molecular complexity index is 571. The average Bonchev–Trinajstić information content (AvgIpc) is 2.54. The molecule has 1 aliphatic heterocycles. The van der Waals surface area contributed by atoms with Gasteiger partial charge in [-0.1, -0.05) is 12.1 Å². The summed E-state index contributed by atoms with van der Waals surface area (Å²) in [5.74, 6) is 0.0988. The predicted octanol–water partition coefficient (Wildman–Crippen LogP) is -0.835. The molecule has 1 aliphatic rings. The number of primary amides is 1. The van der Waals surface area contributed by atoms with Crippen LogP contribution in [0.25, 0.3) is 0 Å². The highest BCUT2D eigenvalue weighted by atomic mass is 16.5. The van der Waals surface area contributed by atoms with Crippen molar-refractivity contribution in [3.63, 3.8) is 0 Å². The van der Waals surface area contributed by atoms with Crippen LogP contribution >= 0.6 is 0 Å². The van der Waals surface area contributed by atoms with Crippen molar-refractivity contribution in [2.75, 3.05) is 31.6 Å². The van der Waals surface area contributed by atoms with Gasteiger partial charge in [0.05, 0.1) is 18.8 Å². The minimum Gasteiger partial charge on any atom is -0.488 e. The van der Waals surface area contributed by atoms with Crippen LogP contribution in [0.1, 0.15) is 19.8 Å². The first-order valence-electron chi connectivity index (χ1n) is 8.26. The average molecular weight is 336 g/mol. The fraction of sp³-hybridized carbons (Fsp3) is 0.529. The fourth-order valence-electron chi connectivity index (χ4n) is 2.98. The summed E-state index contributed by atoms with van der Waals surface area (Å²) < 4.78 is 5.65. The van der Waals surface area contributed by atoms with Crippen LogP contribution in [0.3, 0.4) is 0 Å². The number of hydrogen-bond donors (Lipinski definition) is 4. The molecule has 0 saturated carbocycles. The van der Waals surface area contributed by atoms with Gasteiger partial charge in [-0.25, -0.2) is 0 Å². The standard InChI is InChI=1S/C17H25N3O4/c1-12(21)19-15-4-2-3-5-16(15)24-11-14(22)10-20-8-6-13(7-9-20)17(18)23/h2-5,13-14,22H,6-11H2,1H3,(H2,18,23)(H,19,21)/p+1/t14-/m1/s1. The topological polar surface area (TPSA) is 106 Å². The predicted molar refractivity (Wildman–Crippen MR) is 89.7 cm³/mol. The second kappa shape index (κ2) is 8.65. The van der Waals surface area contributed by atoms with Crippen LogP contribution in [-0.4, -0.2) is 49.3 Å². The zero-order chi connectivity index (χ0) is 17.5. The zero-order valence-electron chi connectivity index (χ0n) is 14.0. The molecule has 0 radical (unpaired) electrons. The van der Waals surface area contributed by atoms with Crippen molar-refractivity contribution in [3.05, 3.63) is 24.3 Å². The van der Waals surface area contributed by atoms with Crippen molar-refractivity contribution in [3.8, 4) is 5.75 Å². The minimum absolute atomic E-state index is 0.0355. The van der Waals surface area contributed by atoms with E-state index in [1.165, 1.54) is 11.8 Å². The number of aliphatic hydroxyl groups excluding tert-OH is 1. The smallest absolute Gasteiger partial charge is 0.221 e. The van der Waals surface area contributed by atoms with Crippen molar-refractivity contribution in [1.82, 2.24) is 0 Å². The number of anilines is 1. The van der Waals surface area contributed by atoms with Crippen molar-refractivity contribution in [2.45, 2.75) is 25.9 Å². The maximum absolute atomic E-state index is 11.2. The van der Waals surface area contributed by atoms with E-state index in [0.29, 0.717) is 18.0 Å². The molecule has 5 N–H and O–H groups in total. The largest absolute Gasteiger partial charge is 0.488 e. The van der Waals surface area contributed by atoms with Gasteiger partial charge >= 0.3 is 0 Å². The van der Waals surface area contributed by atoms with Gasteiger partial charge in [-0.3, -0.25) is 9.59 Å². The molecule has 2 rings (SSSR count). The SMILES string of the molecule is CC(=O)Nc1ccccc1OC[C@H](O)C[NH+]1CCC(C(N)=O)CC1. The summed E-state index contributed by atoms with van der Waals surface area (Å²) in [7, 11) is 0. The van der Waals surface area contributed by atoms with Gasteiger partial charge in [-0.05, 0) is 12.1 Å². The first-order chi connectivity index (χ1) is 11.5. The Morgan fingerprint density at radius 3 is 2.67 bits per heavy atom. The highest BCUT2D eigenvalue weighted by Crippen LogP contribution is 2.23. The monoisotopic (exact) mass is 336 g/mol. The van der Waals surface area contributed by atoms with Gasteiger partial charge in [0.25, 0.3) is 0 Å². The number of amides is 2. The van der Waals surface area contributed by atoms with Crippen LogP contribution < -0.4 is 20.7 Å². The molecule has 24 heavy (non-hydrogen) atoms. The number of ether oxygens (including phenoxy) is 1. The third-order valence-electron chi connectivity index (χ3n) is 4.25. The second-order valence-electron chi connectivity index (χ2n) is 6.27. The van der Waals surface area contributed by atoms with Crippen LogP contribution in [-0.2, 0) is 9.59 Å². The van der Waals surface area contributed by atoms with Gasteiger partial charge in [0.2, 0.25) is 11.8 Å². The van der Waals surface area contributed by atoms with Crippen molar-refractivity contribution < 1.29 is 24.3 Å². The van der Waals surface area contributed by atoms with Gasteiger partial charge in [0.1, 0.15) is 25.0 Å². The number of carbonyl (C=O) groups is 2. The Balaban J connectivity index is 1.79. The number of nitrogens with two attached hydrogens (primary N) is 1. The zero-order valence-corrected chi connectivity index (χ0v) is 14.0. The molecular formula is C17H26N3O4+. The Hall–Kier alpha value is -2.12. The van der Waals surface area contributed by atoms with Crippen LogP contribution in [0, 0.1) is 5.92 Å². The summed E-state index contributed by atoms with van der Waals surface area (Å²) in [4.78, 5) is 23.6. The lowest BCUT2D eigenvalue weighted by Gasteiger charge is -2.29. The van der Waals surface area contributed by atoms with Crippen molar-refractivity contribution >= 4 is 17.5 Å². The van der Waals surface area contributed by atoms with Gasteiger partial charge in [-0.2, -0.15) is 0 Å². The normalized spacial score (nSPS) is 21.8. The molecule has 0 spiro atoms. The molecule has 1 fully saturated rings. The first-order valence-corrected chi connectivity index (χ1v) is 8.26. The summed E-state index contributed by atoms with van der Waals surface area (Å²) in [6.07, 6.45) is 0.920. The van der Waals surface area contributed by atoms with Crippen LogP contribution in [0.4, 0.5) is 5.69 Å². The fourth-order valence-corrected chi connectivity index (χ4v) is 2.98. The molecule has 1 heterocycles. The first kappa shape index (κ1) is 18.2. The van der Waals surface area contributed by atoms with E-state index in [-0.39, 0.29) is 24.3 Å². The van der Waals surface area contributed by atoms with Gasteiger partial charge in [0.15, 0.2) is 0 Å². The van der Waals surface area contributed by atoms with Crippen molar-refractivity contribution in [1.29, 1.82) is 0 Å². The van der Waals surface area contributed by atoms with Gasteiger partial charge in [0, 0.05) is 25.7 Å². The van der Waals surface area contributed by atoms with Crippen LogP contribution in [0.5, 0.6) is 5.75 Å². The van der Waals surface area contributed by atoms with E-state index in [9.17, 15) is 14.7 Å². The van der Waals surface area contributed by atoms with Gasteiger partial charge in [-0.15, -0.1) is 0 Å². The Morgan fingerprint density at radius 1 is 1.38 bits per heavy atom. The molecule has 0 bridgehead atoms. The number of piperidine rings is 1. The number of para-hydroxylation sites is 2. The summed E-state index contributed by atoms with van der Waals surface area (Å²) >= 11 is 0. The number of aliphatic hydroxyl groups is 1. The maximum atomic E-state index is 11.2. The summed E-state index contributed by atoms with van der Waals surface area (Å²) in [5, 5.41) is 12.9. The Morgan fingerprint density at radius 2 is 2.04 bits per heavy atom. The third-order valence-corrected chi connectivity index (χ3v) is 4.25. The molecule has 0 unspecified atom stereocenters. The molecule has 7 nitrogen and oxygen atoms in total. The quantitative estimate of drug-likeness (QED) is 0.521. The number of benzene rings is 1. The van der Waals surface area contributed by atoms with Gasteiger partial charge < -0.3 is 25.8 Å². The van der Waals surface area contributed by atoms with E-state index in [1.54, 1.807) is 12.1 Å². The molecular weight excluding hydrogens is 310 g/mol. The molecule has 7 heteroatoms. The lowest BCUT2D eigenvalue weighted by Crippen LogP contribution is -3.14.